The fraction of sp³-hybridized carbons (Fsp3) is 0.414. The Morgan fingerprint density at radius 2 is 1.81 bits per heavy atom. The second-order valence-corrected chi connectivity index (χ2v) is 10.3. The zero-order valence-electron chi connectivity index (χ0n) is 25.4. The Balaban J connectivity index is 0.000000804. The highest BCUT2D eigenvalue weighted by Crippen LogP contribution is 2.30. The molecule has 1 aliphatic heterocycles. The Morgan fingerprint density at radius 3 is 2.42 bits per heavy atom. The average molecular weight is 682 g/mol. The molecule has 3 aromatic rings. The minimum atomic E-state index is -5.08. The van der Waals surface area contributed by atoms with Crippen molar-refractivity contribution in [2.45, 2.75) is 57.0 Å². The average Bonchev–Trinajstić information content (AvgIpc) is 3.54. The third-order valence-electron chi connectivity index (χ3n) is 6.70. The molecule has 1 saturated heterocycles. The lowest BCUT2D eigenvalue weighted by atomic mass is 9.93. The van der Waals surface area contributed by atoms with E-state index >= 15 is 0 Å². The van der Waals surface area contributed by atoms with E-state index in [0.717, 1.165) is 11.1 Å². The Labute approximate surface area is 270 Å². The fourth-order valence-corrected chi connectivity index (χ4v) is 4.45. The number of carbonyl (C=O) groups is 4. The molecule has 0 aliphatic carbocycles. The van der Waals surface area contributed by atoms with E-state index in [2.05, 4.69) is 30.9 Å². The van der Waals surface area contributed by atoms with Gasteiger partial charge in [-0.15, -0.1) is 0 Å². The van der Waals surface area contributed by atoms with Gasteiger partial charge in [-0.3, -0.25) is 19.5 Å². The lowest BCUT2D eigenvalue weighted by Gasteiger charge is -2.25. The van der Waals surface area contributed by atoms with Gasteiger partial charge in [0.15, 0.2) is 0 Å². The van der Waals surface area contributed by atoms with Crippen molar-refractivity contribution >= 4 is 35.7 Å². The van der Waals surface area contributed by atoms with Crippen LogP contribution in [0.2, 0.25) is 0 Å². The van der Waals surface area contributed by atoms with Crippen LogP contribution in [-0.4, -0.2) is 85.6 Å². The second kappa shape index (κ2) is 18.0. The summed E-state index contributed by atoms with van der Waals surface area (Å²) in [5.41, 5.74) is 0.902. The minimum absolute atomic E-state index is 0.0156. The summed E-state index contributed by atoms with van der Waals surface area (Å²) in [5.74, 6) is -3.44. The Kier molecular flexibility index (Phi) is 13.9. The number of rotatable bonds is 13. The number of aromatic nitrogens is 4. The zero-order chi connectivity index (χ0) is 35.1. The first-order chi connectivity index (χ1) is 22.8. The van der Waals surface area contributed by atoms with Crippen LogP contribution in [0.5, 0.6) is 0 Å². The molecule has 6 N–H and O–H groups in total. The van der Waals surface area contributed by atoms with E-state index in [-0.39, 0.29) is 37.9 Å². The number of alkyl carbamates (subject to hydrolysis) is 1. The molecule has 0 spiro atoms. The molecule has 1 aliphatic rings. The van der Waals surface area contributed by atoms with Crippen molar-refractivity contribution in [2.24, 2.45) is 0 Å². The number of H-pyrrole nitrogens is 1. The standard InChI is InChI=1S/C27H33N7O7.C2HF3O2/c35-22(32-25-29-10-11-30-25)6-9-28-24-21(19-7-12-40-13-8-19)16-34(26(38)33-24)15-20(14-23(36)37)31-27(39)41-17-18-4-2-1-3-5-18;3-2(4,5)1(6)7/h1-5,10-11,16,19-20H,6-9,12-15,17H2,(H,31,39)(H,36,37)(H,28,33,38)(H2,29,30,32,35);(H,6,7). The van der Waals surface area contributed by atoms with Crippen LogP contribution >= 0.6 is 0 Å². The van der Waals surface area contributed by atoms with Crippen LogP contribution in [0.3, 0.4) is 0 Å². The van der Waals surface area contributed by atoms with Crippen molar-refractivity contribution in [1.29, 1.82) is 0 Å². The molecule has 48 heavy (non-hydrogen) atoms. The van der Waals surface area contributed by atoms with E-state index in [0.29, 0.717) is 37.8 Å². The monoisotopic (exact) mass is 681 g/mol. The third-order valence-corrected chi connectivity index (χ3v) is 6.70. The third kappa shape index (κ3) is 12.7. The van der Waals surface area contributed by atoms with Crippen LogP contribution in [0.15, 0.2) is 53.7 Å². The van der Waals surface area contributed by atoms with Gasteiger partial charge in [0.2, 0.25) is 11.9 Å². The van der Waals surface area contributed by atoms with Crippen LogP contribution in [-0.2, 0) is 37.0 Å². The number of hydrogen-bond donors (Lipinski definition) is 6. The number of carbonyl (C=O) groups excluding carboxylic acids is 2. The fourth-order valence-electron chi connectivity index (χ4n) is 4.45. The summed E-state index contributed by atoms with van der Waals surface area (Å²) in [4.78, 5) is 69.1. The van der Waals surface area contributed by atoms with Gasteiger partial charge in [0, 0.05) is 56.9 Å². The molecule has 0 bridgehead atoms. The zero-order valence-corrected chi connectivity index (χ0v) is 25.4. The number of halogens is 3. The van der Waals surface area contributed by atoms with Gasteiger partial charge in [0.1, 0.15) is 12.4 Å². The molecule has 1 fully saturated rings. The molecule has 16 nitrogen and oxygen atoms in total. The Hall–Kier alpha value is -5.46. The number of aromatic amines is 1. The van der Waals surface area contributed by atoms with Gasteiger partial charge in [0.05, 0.1) is 12.5 Å². The van der Waals surface area contributed by atoms with Crippen LogP contribution in [0.4, 0.5) is 29.7 Å². The number of hydrogen-bond acceptors (Lipinski definition) is 10. The van der Waals surface area contributed by atoms with Crippen LogP contribution in [0.25, 0.3) is 0 Å². The summed E-state index contributed by atoms with van der Waals surface area (Å²) in [7, 11) is 0. The Bertz CT molecular complexity index is 1560. The summed E-state index contributed by atoms with van der Waals surface area (Å²) >= 11 is 0. The number of ether oxygens (including phenoxy) is 2. The minimum Gasteiger partial charge on any atom is -0.481 e. The molecule has 4 rings (SSSR count). The van der Waals surface area contributed by atoms with Crippen molar-refractivity contribution in [1.82, 2.24) is 24.8 Å². The topological polar surface area (TPSA) is 227 Å². The number of benzene rings is 1. The molecule has 1 aromatic carbocycles. The van der Waals surface area contributed by atoms with Gasteiger partial charge in [-0.05, 0) is 24.3 Å². The molecule has 19 heteroatoms. The number of aliphatic carboxylic acids is 2. The summed E-state index contributed by atoms with van der Waals surface area (Å²) < 4.78 is 43.8. The summed E-state index contributed by atoms with van der Waals surface area (Å²) in [6.07, 6.45) is -0.0290. The number of anilines is 2. The first-order valence-electron chi connectivity index (χ1n) is 14.5. The Morgan fingerprint density at radius 1 is 1.12 bits per heavy atom. The van der Waals surface area contributed by atoms with Crippen LogP contribution in [0.1, 0.15) is 42.7 Å². The van der Waals surface area contributed by atoms with Crippen LogP contribution in [0, 0.1) is 0 Å². The number of carboxylic acids is 2. The van der Waals surface area contributed by atoms with Crippen molar-refractivity contribution in [3.63, 3.8) is 0 Å². The predicted octanol–water partition coefficient (Wildman–Crippen LogP) is 2.70. The van der Waals surface area contributed by atoms with E-state index < -0.39 is 42.4 Å². The number of carboxylic acid groups (broad SMARTS) is 2. The SMILES string of the molecule is O=C(O)C(F)(F)F.O=C(O)CC(Cn1cc(C2CCOCC2)c(NCCC(=O)Nc2ncc[nH]2)nc1=O)NC(=O)OCc1ccccc1. The lowest BCUT2D eigenvalue weighted by Crippen LogP contribution is -2.42. The molecule has 2 amide bonds. The number of nitrogens with one attached hydrogen (secondary N) is 4. The predicted molar refractivity (Wildman–Crippen MR) is 161 cm³/mol. The van der Waals surface area contributed by atoms with Gasteiger partial charge in [0.25, 0.3) is 0 Å². The highest BCUT2D eigenvalue weighted by atomic mass is 19.4. The first kappa shape index (κ1) is 37.0. The largest absolute Gasteiger partial charge is 0.490 e. The van der Waals surface area contributed by atoms with E-state index in [1.54, 1.807) is 24.5 Å². The highest BCUT2D eigenvalue weighted by molar-refractivity contribution is 5.89. The van der Waals surface area contributed by atoms with Gasteiger partial charge < -0.3 is 35.3 Å². The maximum atomic E-state index is 13.0. The van der Waals surface area contributed by atoms with Gasteiger partial charge in [-0.2, -0.15) is 18.2 Å². The number of imidazole rings is 1. The van der Waals surface area contributed by atoms with E-state index in [9.17, 15) is 37.5 Å². The molecule has 1 unspecified atom stereocenters. The molecular weight excluding hydrogens is 647 g/mol. The molecule has 260 valence electrons. The van der Waals surface area contributed by atoms with Gasteiger partial charge in [-0.1, -0.05) is 30.3 Å². The second-order valence-electron chi connectivity index (χ2n) is 10.3. The number of nitrogens with zero attached hydrogens (tertiary/aromatic N) is 3. The van der Waals surface area contributed by atoms with Crippen LogP contribution < -0.4 is 21.6 Å². The maximum Gasteiger partial charge on any atom is 0.490 e. The van der Waals surface area contributed by atoms with Crippen molar-refractivity contribution in [2.75, 3.05) is 30.4 Å². The van der Waals surface area contributed by atoms with E-state index in [1.807, 2.05) is 18.2 Å². The molecule has 1 atom stereocenters. The number of amides is 2. The molecule has 3 heterocycles. The van der Waals surface area contributed by atoms with Gasteiger partial charge in [-0.25, -0.2) is 19.4 Å². The van der Waals surface area contributed by atoms with Crippen molar-refractivity contribution < 1.29 is 52.0 Å². The van der Waals surface area contributed by atoms with E-state index in [1.165, 1.54) is 10.8 Å². The quantitative estimate of drug-likeness (QED) is 0.153. The normalized spacial score (nSPS) is 13.7. The highest BCUT2D eigenvalue weighted by Gasteiger charge is 2.38. The van der Waals surface area contributed by atoms with Gasteiger partial charge >= 0.3 is 29.9 Å². The molecule has 2 aromatic heterocycles. The van der Waals surface area contributed by atoms with Crippen molar-refractivity contribution in [3.8, 4) is 0 Å². The smallest absolute Gasteiger partial charge is 0.481 e. The van der Waals surface area contributed by atoms with E-state index in [4.69, 9.17) is 19.4 Å². The lowest BCUT2D eigenvalue weighted by molar-refractivity contribution is -0.192. The summed E-state index contributed by atoms with van der Waals surface area (Å²) in [5, 5.41) is 24.8. The molecular formula is C29H34F3N7O9. The van der Waals surface area contributed by atoms with Crippen molar-refractivity contribution in [3.05, 3.63) is 70.5 Å². The molecule has 0 saturated carbocycles. The molecule has 0 radical (unpaired) electrons. The summed E-state index contributed by atoms with van der Waals surface area (Å²) in [6.45, 7) is 1.20. The maximum absolute atomic E-state index is 13.0. The number of alkyl halides is 3. The first-order valence-corrected chi connectivity index (χ1v) is 14.5. The summed E-state index contributed by atoms with van der Waals surface area (Å²) in [6, 6.07) is 8.13.